The topological polar surface area (TPSA) is 89.6 Å². The van der Waals surface area contributed by atoms with Gasteiger partial charge in [-0.05, 0) is 50.6 Å². The van der Waals surface area contributed by atoms with E-state index in [1.54, 1.807) is 26.2 Å². The number of methoxy groups -OCH3 is 1. The molecule has 0 bridgehead atoms. The van der Waals surface area contributed by atoms with E-state index in [2.05, 4.69) is 10.2 Å². The SMILES string of the molecule is CCCC(C)(C(=O)O)[C@@H]1N=C(c2ccc(Cl)cc2)c2cc(OC)ccc2-n2c(C)nnc21. The van der Waals surface area contributed by atoms with E-state index in [4.69, 9.17) is 21.3 Å². The van der Waals surface area contributed by atoms with Crippen molar-refractivity contribution in [2.24, 2.45) is 10.4 Å². The fourth-order valence-corrected chi connectivity index (χ4v) is 4.41. The maximum Gasteiger partial charge on any atom is 0.312 e. The fraction of sp³-hybridized carbons (Fsp3) is 0.333. The minimum Gasteiger partial charge on any atom is -0.497 e. The highest BCUT2D eigenvalue weighted by Gasteiger charge is 2.46. The molecule has 0 aliphatic carbocycles. The van der Waals surface area contributed by atoms with Crippen LogP contribution in [0.2, 0.25) is 5.02 Å². The van der Waals surface area contributed by atoms with Crippen LogP contribution < -0.4 is 4.74 Å². The van der Waals surface area contributed by atoms with Crippen LogP contribution in [-0.4, -0.2) is 38.7 Å². The van der Waals surface area contributed by atoms with Gasteiger partial charge >= 0.3 is 5.97 Å². The molecule has 3 aromatic rings. The zero-order valence-corrected chi connectivity index (χ0v) is 19.2. The molecule has 32 heavy (non-hydrogen) atoms. The van der Waals surface area contributed by atoms with Gasteiger partial charge in [-0.15, -0.1) is 10.2 Å². The van der Waals surface area contributed by atoms with E-state index >= 15 is 0 Å². The Labute approximate surface area is 191 Å². The number of carbonyl (C=O) groups is 1. The molecule has 2 aromatic carbocycles. The summed E-state index contributed by atoms with van der Waals surface area (Å²) in [5.41, 5.74) is 1.95. The predicted molar refractivity (Wildman–Crippen MR) is 123 cm³/mol. The Bertz CT molecular complexity index is 1200. The maximum atomic E-state index is 12.5. The molecule has 1 N–H and O–H groups in total. The maximum absolute atomic E-state index is 12.5. The van der Waals surface area contributed by atoms with Crippen LogP contribution in [0.25, 0.3) is 5.69 Å². The van der Waals surface area contributed by atoms with E-state index < -0.39 is 17.4 Å². The van der Waals surface area contributed by atoms with Crippen molar-refractivity contribution < 1.29 is 14.6 Å². The van der Waals surface area contributed by atoms with Crippen LogP contribution in [-0.2, 0) is 4.79 Å². The zero-order chi connectivity index (χ0) is 23.0. The summed E-state index contributed by atoms with van der Waals surface area (Å²) < 4.78 is 7.39. The van der Waals surface area contributed by atoms with Gasteiger partial charge in [-0.25, -0.2) is 0 Å². The van der Waals surface area contributed by atoms with E-state index in [9.17, 15) is 9.90 Å². The van der Waals surface area contributed by atoms with Crippen LogP contribution in [0.4, 0.5) is 0 Å². The molecular weight excluding hydrogens is 428 g/mol. The summed E-state index contributed by atoms with van der Waals surface area (Å²) in [5.74, 6) is 0.925. The second kappa shape index (κ2) is 8.39. The number of aryl methyl sites for hydroxylation is 1. The van der Waals surface area contributed by atoms with Crippen molar-refractivity contribution in [3.63, 3.8) is 0 Å². The number of aliphatic carboxylic acids is 1. The van der Waals surface area contributed by atoms with Gasteiger partial charge in [-0.3, -0.25) is 14.4 Å². The standard InChI is InChI=1S/C24H25ClN4O3/c1-5-12-24(3,23(30)31)21-22-28-27-14(2)29(22)19-11-10-17(32-4)13-18(19)20(26-21)15-6-8-16(25)9-7-15/h6-11,13,21H,5,12H2,1-4H3,(H,30,31)/t21-,24?/m1/s1. The minimum atomic E-state index is -1.17. The van der Waals surface area contributed by atoms with Crippen molar-refractivity contribution in [2.45, 2.75) is 39.7 Å². The van der Waals surface area contributed by atoms with Gasteiger partial charge in [-0.2, -0.15) is 0 Å². The number of carboxylic acid groups (broad SMARTS) is 1. The molecule has 1 aliphatic rings. The van der Waals surface area contributed by atoms with Gasteiger partial charge in [0.05, 0.1) is 23.9 Å². The first-order valence-corrected chi connectivity index (χ1v) is 10.9. The molecular formula is C24H25ClN4O3. The molecule has 2 atom stereocenters. The van der Waals surface area contributed by atoms with E-state index in [0.717, 1.165) is 16.8 Å². The van der Waals surface area contributed by atoms with Gasteiger partial charge in [0.25, 0.3) is 0 Å². The van der Waals surface area contributed by atoms with Crippen LogP contribution in [0.5, 0.6) is 5.75 Å². The lowest BCUT2D eigenvalue weighted by Gasteiger charge is -2.30. The van der Waals surface area contributed by atoms with Gasteiger partial charge < -0.3 is 9.84 Å². The van der Waals surface area contributed by atoms with E-state index in [-0.39, 0.29) is 0 Å². The predicted octanol–water partition coefficient (Wildman–Crippen LogP) is 5.02. The third-order valence-electron chi connectivity index (χ3n) is 6.03. The highest BCUT2D eigenvalue weighted by atomic mass is 35.5. The number of carboxylic acids is 1. The Hall–Kier alpha value is -3.19. The average Bonchev–Trinajstić information content (AvgIpc) is 3.08. The Balaban J connectivity index is 2.08. The first-order chi connectivity index (χ1) is 15.3. The van der Waals surface area contributed by atoms with Crippen LogP contribution in [0.1, 0.15) is 55.5 Å². The number of aromatic nitrogens is 3. The lowest BCUT2D eigenvalue weighted by molar-refractivity contribution is -0.150. The number of ether oxygens (including phenoxy) is 1. The monoisotopic (exact) mass is 452 g/mol. The number of rotatable bonds is 6. The second-order valence-electron chi connectivity index (χ2n) is 8.18. The molecule has 1 unspecified atom stereocenters. The van der Waals surface area contributed by atoms with Crippen LogP contribution in [0, 0.1) is 12.3 Å². The molecule has 2 heterocycles. The Morgan fingerprint density at radius 2 is 1.94 bits per heavy atom. The smallest absolute Gasteiger partial charge is 0.312 e. The van der Waals surface area contributed by atoms with E-state index in [0.29, 0.717) is 41.0 Å². The number of fused-ring (bicyclic) bond motifs is 3. The lowest BCUT2D eigenvalue weighted by Crippen LogP contribution is -2.35. The summed E-state index contributed by atoms with van der Waals surface area (Å²) in [5, 5.41) is 19.6. The Morgan fingerprint density at radius 3 is 2.56 bits per heavy atom. The largest absolute Gasteiger partial charge is 0.497 e. The number of aliphatic imine (C=N–C) groups is 1. The number of halogens is 1. The third kappa shape index (κ3) is 3.56. The fourth-order valence-electron chi connectivity index (χ4n) is 4.28. The highest BCUT2D eigenvalue weighted by molar-refractivity contribution is 6.30. The summed E-state index contributed by atoms with van der Waals surface area (Å²) in [4.78, 5) is 17.6. The summed E-state index contributed by atoms with van der Waals surface area (Å²) in [6.07, 6.45) is 1.13. The number of benzene rings is 2. The van der Waals surface area contributed by atoms with Crippen LogP contribution >= 0.6 is 11.6 Å². The third-order valence-corrected chi connectivity index (χ3v) is 6.28. The van der Waals surface area contributed by atoms with Crippen molar-refractivity contribution in [1.29, 1.82) is 0 Å². The van der Waals surface area contributed by atoms with Gasteiger partial charge in [-0.1, -0.05) is 37.1 Å². The number of nitrogens with zero attached hydrogens (tertiary/aromatic N) is 4. The average molecular weight is 453 g/mol. The molecule has 0 fully saturated rings. The van der Waals surface area contributed by atoms with Crippen LogP contribution in [0.15, 0.2) is 47.5 Å². The number of hydrogen-bond acceptors (Lipinski definition) is 5. The molecule has 7 nitrogen and oxygen atoms in total. The Morgan fingerprint density at radius 1 is 1.22 bits per heavy atom. The summed E-state index contributed by atoms with van der Waals surface area (Å²) in [6, 6.07) is 12.3. The second-order valence-corrected chi connectivity index (χ2v) is 8.62. The first kappa shape index (κ1) is 22.0. The van der Waals surface area contributed by atoms with Gasteiger partial charge in [0.2, 0.25) is 0 Å². The van der Waals surface area contributed by atoms with Crippen molar-refractivity contribution in [2.75, 3.05) is 7.11 Å². The quantitative estimate of drug-likeness (QED) is 0.567. The van der Waals surface area contributed by atoms with Crippen molar-refractivity contribution in [1.82, 2.24) is 14.8 Å². The molecule has 4 rings (SSSR count). The molecule has 0 saturated heterocycles. The normalized spacial score (nSPS) is 16.9. The van der Waals surface area contributed by atoms with Crippen molar-refractivity contribution in [3.8, 4) is 11.4 Å². The molecule has 1 aliphatic heterocycles. The molecule has 166 valence electrons. The zero-order valence-electron chi connectivity index (χ0n) is 18.5. The van der Waals surface area contributed by atoms with E-state index in [1.165, 1.54) is 0 Å². The molecule has 8 heteroatoms. The van der Waals surface area contributed by atoms with Gasteiger partial charge in [0.1, 0.15) is 17.6 Å². The highest BCUT2D eigenvalue weighted by Crippen LogP contribution is 2.44. The summed E-state index contributed by atoms with van der Waals surface area (Å²) >= 11 is 6.13. The van der Waals surface area contributed by atoms with Crippen molar-refractivity contribution in [3.05, 3.63) is 70.3 Å². The summed E-state index contributed by atoms with van der Waals surface area (Å²) in [6.45, 7) is 5.56. The minimum absolute atomic E-state index is 0.440. The van der Waals surface area contributed by atoms with Crippen LogP contribution in [0.3, 0.4) is 0 Å². The lowest BCUT2D eigenvalue weighted by atomic mass is 9.78. The molecule has 0 amide bonds. The molecule has 0 radical (unpaired) electrons. The molecule has 1 aromatic heterocycles. The van der Waals surface area contributed by atoms with Crippen molar-refractivity contribution >= 4 is 23.3 Å². The molecule has 0 spiro atoms. The Kier molecular flexibility index (Phi) is 5.77. The van der Waals surface area contributed by atoms with E-state index in [1.807, 2.05) is 48.7 Å². The van der Waals surface area contributed by atoms with Gasteiger partial charge in [0, 0.05) is 16.1 Å². The summed E-state index contributed by atoms with van der Waals surface area (Å²) in [7, 11) is 1.61. The number of hydrogen-bond donors (Lipinski definition) is 1. The first-order valence-electron chi connectivity index (χ1n) is 10.5. The van der Waals surface area contributed by atoms with Gasteiger partial charge in [0.15, 0.2) is 5.82 Å². The molecule has 0 saturated carbocycles.